The standard InChI is InChI=1S/C11H21NO/c1-9(11-2-3-11)6-12-7-10-4-5-13-8-10/h9-12H,2-8H2,1H3. The first-order chi connectivity index (χ1) is 6.36. The topological polar surface area (TPSA) is 21.3 Å². The van der Waals surface area contributed by atoms with Crippen LogP contribution >= 0.6 is 0 Å². The lowest BCUT2D eigenvalue weighted by Gasteiger charge is -2.13. The maximum atomic E-state index is 5.33. The fraction of sp³-hybridized carbons (Fsp3) is 1.00. The van der Waals surface area contributed by atoms with Crippen LogP contribution in [-0.2, 0) is 4.74 Å². The van der Waals surface area contributed by atoms with Crippen LogP contribution in [0.5, 0.6) is 0 Å². The van der Waals surface area contributed by atoms with Crippen molar-refractivity contribution in [3.8, 4) is 0 Å². The summed E-state index contributed by atoms with van der Waals surface area (Å²) in [6, 6.07) is 0. The average Bonchev–Trinajstić information content (AvgIpc) is 2.86. The third kappa shape index (κ3) is 2.96. The average molecular weight is 183 g/mol. The van der Waals surface area contributed by atoms with Gasteiger partial charge in [-0.3, -0.25) is 0 Å². The fourth-order valence-corrected chi connectivity index (χ4v) is 2.09. The van der Waals surface area contributed by atoms with Crippen LogP contribution in [0.2, 0.25) is 0 Å². The first-order valence-electron chi connectivity index (χ1n) is 5.64. The lowest BCUT2D eigenvalue weighted by atomic mass is 10.1. The second kappa shape index (κ2) is 4.43. The van der Waals surface area contributed by atoms with E-state index in [4.69, 9.17) is 4.74 Å². The number of rotatable bonds is 5. The number of hydrogen-bond donors (Lipinski definition) is 1. The molecule has 1 saturated carbocycles. The molecule has 0 aromatic rings. The summed E-state index contributed by atoms with van der Waals surface area (Å²) >= 11 is 0. The van der Waals surface area contributed by atoms with Crippen molar-refractivity contribution in [3.63, 3.8) is 0 Å². The maximum absolute atomic E-state index is 5.33. The van der Waals surface area contributed by atoms with Crippen LogP contribution < -0.4 is 5.32 Å². The molecule has 1 heterocycles. The van der Waals surface area contributed by atoms with E-state index >= 15 is 0 Å². The Morgan fingerprint density at radius 3 is 2.85 bits per heavy atom. The highest BCUT2D eigenvalue weighted by Crippen LogP contribution is 2.36. The minimum atomic E-state index is 0.784. The summed E-state index contributed by atoms with van der Waals surface area (Å²) in [6.45, 7) is 6.70. The van der Waals surface area contributed by atoms with E-state index in [9.17, 15) is 0 Å². The molecule has 0 amide bonds. The lowest BCUT2D eigenvalue weighted by molar-refractivity contribution is 0.185. The summed E-state index contributed by atoms with van der Waals surface area (Å²) in [5.41, 5.74) is 0. The molecule has 0 spiro atoms. The van der Waals surface area contributed by atoms with E-state index in [-0.39, 0.29) is 0 Å². The molecule has 2 unspecified atom stereocenters. The van der Waals surface area contributed by atoms with E-state index < -0.39 is 0 Å². The monoisotopic (exact) mass is 183 g/mol. The molecular weight excluding hydrogens is 162 g/mol. The normalized spacial score (nSPS) is 30.7. The van der Waals surface area contributed by atoms with Crippen molar-refractivity contribution in [1.82, 2.24) is 5.32 Å². The summed E-state index contributed by atoms with van der Waals surface area (Å²) in [4.78, 5) is 0. The van der Waals surface area contributed by atoms with Crippen molar-refractivity contribution in [2.75, 3.05) is 26.3 Å². The Bertz CT molecular complexity index is 148. The molecule has 0 bridgehead atoms. The highest BCUT2D eigenvalue weighted by Gasteiger charge is 2.27. The quantitative estimate of drug-likeness (QED) is 0.700. The Labute approximate surface area is 81.0 Å². The molecule has 1 N–H and O–H groups in total. The highest BCUT2D eigenvalue weighted by atomic mass is 16.5. The van der Waals surface area contributed by atoms with Crippen molar-refractivity contribution in [2.24, 2.45) is 17.8 Å². The van der Waals surface area contributed by atoms with Gasteiger partial charge in [0.1, 0.15) is 0 Å². The molecular formula is C11H21NO. The van der Waals surface area contributed by atoms with Crippen molar-refractivity contribution in [1.29, 1.82) is 0 Å². The fourth-order valence-electron chi connectivity index (χ4n) is 2.09. The van der Waals surface area contributed by atoms with Gasteiger partial charge in [0, 0.05) is 13.2 Å². The molecule has 0 aromatic heterocycles. The smallest absolute Gasteiger partial charge is 0.0507 e. The summed E-state index contributed by atoms with van der Waals surface area (Å²) in [6.07, 6.45) is 4.19. The molecule has 2 fully saturated rings. The summed E-state index contributed by atoms with van der Waals surface area (Å²) in [5, 5.41) is 3.57. The zero-order valence-electron chi connectivity index (χ0n) is 8.59. The lowest BCUT2D eigenvalue weighted by Crippen LogP contribution is -2.28. The number of hydrogen-bond acceptors (Lipinski definition) is 2. The first-order valence-corrected chi connectivity index (χ1v) is 5.64. The van der Waals surface area contributed by atoms with Crippen LogP contribution in [0.1, 0.15) is 26.2 Å². The predicted molar refractivity (Wildman–Crippen MR) is 53.7 cm³/mol. The summed E-state index contributed by atoms with van der Waals surface area (Å²) in [7, 11) is 0. The zero-order valence-corrected chi connectivity index (χ0v) is 8.59. The second-order valence-corrected chi connectivity index (χ2v) is 4.70. The van der Waals surface area contributed by atoms with Gasteiger partial charge >= 0.3 is 0 Å². The second-order valence-electron chi connectivity index (χ2n) is 4.70. The van der Waals surface area contributed by atoms with Gasteiger partial charge in [0.2, 0.25) is 0 Å². The van der Waals surface area contributed by atoms with Gasteiger partial charge in [-0.15, -0.1) is 0 Å². The van der Waals surface area contributed by atoms with Crippen LogP contribution in [0, 0.1) is 17.8 Å². The van der Waals surface area contributed by atoms with E-state index in [1.165, 1.54) is 25.8 Å². The molecule has 1 aliphatic heterocycles. The van der Waals surface area contributed by atoms with Gasteiger partial charge in [-0.05, 0) is 43.6 Å². The molecule has 2 aliphatic rings. The van der Waals surface area contributed by atoms with Gasteiger partial charge in [-0.1, -0.05) is 6.92 Å². The molecule has 0 aromatic carbocycles. The Morgan fingerprint density at radius 2 is 2.23 bits per heavy atom. The Kier molecular flexibility index (Phi) is 3.23. The Balaban J connectivity index is 1.52. The van der Waals surface area contributed by atoms with Crippen molar-refractivity contribution in [2.45, 2.75) is 26.2 Å². The molecule has 13 heavy (non-hydrogen) atoms. The van der Waals surface area contributed by atoms with Gasteiger partial charge in [-0.2, -0.15) is 0 Å². The third-order valence-corrected chi connectivity index (χ3v) is 3.35. The molecule has 1 saturated heterocycles. The molecule has 1 aliphatic carbocycles. The minimum absolute atomic E-state index is 0.784. The third-order valence-electron chi connectivity index (χ3n) is 3.35. The van der Waals surface area contributed by atoms with Crippen molar-refractivity contribution < 1.29 is 4.74 Å². The van der Waals surface area contributed by atoms with E-state index in [0.717, 1.165) is 37.5 Å². The van der Waals surface area contributed by atoms with E-state index in [2.05, 4.69) is 12.2 Å². The predicted octanol–water partition coefficient (Wildman–Crippen LogP) is 1.66. The highest BCUT2D eigenvalue weighted by molar-refractivity contribution is 4.80. The van der Waals surface area contributed by atoms with Crippen LogP contribution in [0.4, 0.5) is 0 Å². The maximum Gasteiger partial charge on any atom is 0.0507 e. The SMILES string of the molecule is CC(CNCC1CCOC1)C1CC1. The first kappa shape index (κ1) is 9.47. The van der Waals surface area contributed by atoms with Gasteiger partial charge in [-0.25, -0.2) is 0 Å². The van der Waals surface area contributed by atoms with E-state index in [0.29, 0.717) is 0 Å². The molecule has 2 nitrogen and oxygen atoms in total. The van der Waals surface area contributed by atoms with Crippen LogP contribution in [-0.4, -0.2) is 26.3 Å². The van der Waals surface area contributed by atoms with Gasteiger partial charge in [0.15, 0.2) is 0 Å². The summed E-state index contributed by atoms with van der Waals surface area (Å²) in [5.74, 6) is 2.71. The van der Waals surface area contributed by atoms with E-state index in [1.54, 1.807) is 0 Å². The molecule has 2 rings (SSSR count). The van der Waals surface area contributed by atoms with Crippen LogP contribution in [0.25, 0.3) is 0 Å². The van der Waals surface area contributed by atoms with Gasteiger partial charge in [0.05, 0.1) is 6.61 Å². The zero-order chi connectivity index (χ0) is 9.10. The number of nitrogens with one attached hydrogen (secondary N) is 1. The van der Waals surface area contributed by atoms with Crippen molar-refractivity contribution in [3.05, 3.63) is 0 Å². The Hall–Kier alpha value is -0.0800. The minimum Gasteiger partial charge on any atom is -0.381 e. The molecule has 0 radical (unpaired) electrons. The molecule has 2 atom stereocenters. The van der Waals surface area contributed by atoms with E-state index in [1.807, 2.05) is 0 Å². The molecule has 76 valence electrons. The summed E-state index contributed by atoms with van der Waals surface area (Å²) < 4.78 is 5.33. The largest absolute Gasteiger partial charge is 0.381 e. The van der Waals surface area contributed by atoms with Gasteiger partial charge in [0.25, 0.3) is 0 Å². The van der Waals surface area contributed by atoms with Crippen LogP contribution in [0.15, 0.2) is 0 Å². The van der Waals surface area contributed by atoms with Crippen LogP contribution in [0.3, 0.4) is 0 Å². The van der Waals surface area contributed by atoms with Gasteiger partial charge < -0.3 is 10.1 Å². The number of ether oxygens (including phenoxy) is 1. The Morgan fingerprint density at radius 1 is 1.38 bits per heavy atom. The molecule has 2 heteroatoms. The van der Waals surface area contributed by atoms with Crippen molar-refractivity contribution >= 4 is 0 Å².